The molecule has 0 saturated heterocycles. The van der Waals surface area contributed by atoms with Gasteiger partial charge in [-0.1, -0.05) is 6.07 Å². The standard InChI is InChI=1S/C15H18BrNO3/c1-10(17-9-12-5-7-15(16)20-12)11-4-6-13(18-2)14(8-11)19-3/h4-8,10,17H,9H2,1-3H3. The lowest BCUT2D eigenvalue weighted by Crippen LogP contribution is -2.17. The fourth-order valence-corrected chi connectivity index (χ4v) is 2.28. The summed E-state index contributed by atoms with van der Waals surface area (Å²) in [5.74, 6) is 2.36. The van der Waals surface area contributed by atoms with Crippen molar-refractivity contribution < 1.29 is 13.9 Å². The van der Waals surface area contributed by atoms with Gasteiger partial charge in [-0.05, 0) is 52.7 Å². The van der Waals surface area contributed by atoms with E-state index in [2.05, 4.69) is 28.2 Å². The highest BCUT2D eigenvalue weighted by Gasteiger charge is 2.10. The van der Waals surface area contributed by atoms with Gasteiger partial charge >= 0.3 is 0 Å². The topological polar surface area (TPSA) is 43.6 Å². The molecule has 2 aromatic rings. The van der Waals surface area contributed by atoms with E-state index in [9.17, 15) is 0 Å². The fraction of sp³-hybridized carbons (Fsp3) is 0.333. The summed E-state index contributed by atoms with van der Waals surface area (Å²) >= 11 is 3.29. The first-order valence-electron chi connectivity index (χ1n) is 6.33. The number of hydrogen-bond acceptors (Lipinski definition) is 4. The van der Waals surface area contributed by atoms with Crippen molar-refractivity contribution in [2.24, 2.45) is 0 Å². The number of nitrogens with one attached hydrogen (secondary N) is 1. The second-order valence-corrected chi connectivity index (χ2v) is 5.20. The lowest BCUT2D eigenvalue weighted by molar-refractivity contribution is 0.354. The Kier molecular flexibility index (Phi) is 5.09. The maximum absolute atomic E-state index is 5.46. The van der Waals surface area contributed by atoms with Crippen LogP contribution in [-0.4, -0.2) is 14.2 Å². The number of hydrogen-bond donors (Lipinski definition) is 1. The van der Waals surface area contributed by atoms with Gasteiger partial charge in [-0.3, -0.25) is 0 Å². The Morgan fingerprint density at radius 2 is 1.90 bits per heavy atom. The van der Waals surface area contributed by atoms with Crippen molar-refractivity contribution in [3.63, 3.8) is 0 Å². The van der Waals surface area contributed by atoms with Crippen molar-refractivity contribution in [2.75, 3.05) is 14.2 Å². The molecule has 1 heterocycles. The lowest BCUT2D eigenvalue weighted by Gasteiger charge is -2.16. The zero-order valence-corrected chi connectivity index (χ0v) is 13.4. The van der Waals surface area contributed by atoms with Crippen LogP contribution in [0.5, 0.6) is 11.5 Å². The molecule has 0 spiro atoms. The molecule has 1 aromatic carbocycles. The van der Waals surface area contributed by atoms with Crippen LogP contribution < -0.4 is 14.8 Å². The van der Waals surface area contributed by atoms with E-state index in [0.29, 0.717) is 6.54 Å². The SMILES string of the molecule is COc1ccc(C(C)NCc2ccc(Br)o2)cc1OC. The van der Waals surface area contributed by atoms with Crippen LogP contribution in [0.25, 0.3) is 0 Å². The van der Waals surface area contributed by atoms with E-state index in [0.717, 1.165) is 27.5 Å². The molecule has 0 amide bonds. The van der Waals surface area contributed by atoms with Gasteiger partial charge in [0.25, 0.3) is 0 Å². The van der Waals surface area contributed by atoms with Crippen LogP contribution in [0.4, 0.5) is 0 Å². The average Bonchev–Trinajstić information content (AvgIpc) is 2.89. The minimum atomic E-state index is 0.179. The molecule has 1 unspecified atom stereocenters. The predicted molar refractivity (Wildman–Crippen MR) is 81.2 cm³/mol. The van der Waals surface area contributed by atoms with Gasteiger partial charge in [-0.15, -0.1) is 0 Å². The first-order valence-corrected chi connectivity index (χ1v) is 7.13. The number of halogens is 1. The number of methoxy groups -OCH3 is 2. The summed E-state index contributed by atoms with van der Waals surface area (Å²) in [6, 6.07) is 9.93. The lowest BCUT2D eigenvalue weighted by atomic mass is 10.1. The van der Waals surface area contributed by atoms with Gasteiger partial charge < -0.3 is 19.2 Å². The Morgan fingerprint density at radius 3 is 2.50 bits per heavy atom. The molecule has 0 saturated carbocycles. The van der Waals surface area contributed by atoms with Crippen LogP contribution in [0, 0.1) is 0 Å². The summed E-state index contributed by atoms with van der Waals surface area (Å²) in [5.41, 5.74) is 1.13. The Bertz CT molecular complexity index is 568. The third-order valence-electron chi connectivity index (χ3n) is 3.12. The molecule has 0 aliphatic heterocycles. The first-order chi connectivity index (χ1) is 9.63. The van der Waals surface area contributed by atoms with Crippen LogP contribution in [0.2, 0.25) is 0 Å². The summed E-state index contributed by atoms with van der Waals surface area (Å²) in [7, 11) is 3.27. The molecule has 0 aliphatic rings. The van der Waals surface area contributed by atoms with Gasteiger partial charge in [0.1, 0.15) is 5.76 Å². The van der Waals surface area contributed by atoms with Gasteiger partial charge in [-0.25, -0.2) is 0 Å². The van der Waals surface area contributed by atoms with Crippen molar-refractivity contribution in [1.29, 1.82) is 0 Å². The van der Waals surface area contributed by atoms with Gasteiger partial charge in [0.2, 0.25) is 0 Å². The molecule has 4 nitrogen and oxygen atoms in total. The van der Waals surface area contributed by atoms with Gasteiger partial charge in [-0.2, -0.15) is 0 Å². The summed E-state index contributed by atoms with van der Waals surface area (Å²) in [6.07, 6.45) is 0. The van der Waals surface area contributed by atoms with Crippen molar-refractivity contribution in [3.8, 4) is 11.5 Å². The van der Waals surface area contributed by atoms with E-state index < -0.39 is 0 Å². The van der Waals surface area contributed by atoms with Gasteiger partial charge in [0.15, 0.2) is 16.2 Å². The van der Waals surface area contributed by atoms with Crippen LogP contribution in [0.15, 0.2) is 39.4 Å². The molecule has 0 fully saturated rings. The maximum Gasteiger partial charge on any atom is 0.169 e. The minimum Gasteiger partial charge on any atom is -0.493 e. The average molecular weight is 340 g/mol. The second kappa shape index (κ2) is 6.81. The fourth-order valence-electron chi connectivity index (χ4n) is 1.94. The highest BCUT2D eigenvalue weighted by Crippen LogP contribution is 2.30. The molecule has 20 heavy (non-hydrogen) atoms. The molecule has 2 rings (SSSR count). The Balaban J connectivity index is 2.03. The predicted octanol–water partition coefficient (Wildman–Crippen LogP) is 3.91. The van der Waals surface area contributed by atoms with Crippen LogP contribution in [-0.2, 0) is 6.54 Å². The largest absolute Gasteiger partial charge is 0.493 e. The Labute approximate surface area is 127 Å². The molecule has 5 heteroatoms. The zero-order chi connectivity index (χ0) is 14.5. The van der Waals surface area contributed by atoms with Gasteiger partial charge in [0, 0.05) is 6.04 Å². The minimum absolute atomic E-state index is 0.179. The van der Waals surface area contributed by atoms with E-state index in [4.69, 9.17) is 13.9 Å². The third kappa shape index (κ3) is 3.55. The van der Waals surface area contributed by atoms with Gasteiger partial charge in [0.05, 0.1) is 20.8 Å². The van der Waals surface area contributed by atoms with Crippen LogP contribution in [0.1, 0.15) is 24.3 Å². The number of benzene rings is 1. The summed E-state index contributed by atoms with van der Waals surface area (Å²) < 4.78 is 16.8. The number of ether oxygens (including phenoxy) is 2. The maximum atomic E-state index is 5.46. The van der Waals surface area contributed by atoms with E-state index in [1.165, 1.54) is 0 Å². The van der Waals surface area contributed by atoms with Crippen LogP contribution >= 0.6 is 15.9 Å². The van der Waals surface area contributed by atoms with E-state index in [-0.39, 0.29) is 6.04 Å². The first kappa shape index (κ1) is 14.9. The van der Waals surface area contributed by atoms with Crippen molar-refractivity contribution in [2.45, 2.75) is 19.5 Å². The van der Waals surface area contributed by atoms with Crippen molar-refractivity contribution >= 4 is 15.9 Å². The Hall–Kier alpha value is -1.46. The normalized spacial score (nSPS) is 12.2. The Morgan fingerprint density at radius 1 is 1.15 bits per heavy atom. The quantitative estimate of drug-likeness (QED) is 0.866. The molecule has 108 valence electrons. The van der Waals surface area contributed by atoms with E-state index in [1.807, 2.05) is 30.3 Å². The van der Waals surface area contributed by atoms with Crippen LogP contribution in [0.3, 0.4) is 0 Å². The molecule has 1 aromatic heterocycles. The molecular weight excluding hydrogens is 322 g/mol. The molecular formula is C15H18BrNO3. The summed E-state index contributed by atoms with van der Waals surface area (Å²) in [6.45, 7) is 2.76. The highest BCUT2D eigenvalue weighted by molar-refractivity contribution is 9.10. The molecule has 1 atom stereocenters. The number of furan rings is 1. The highest BCUT2D eigenvalue weighted by atomic mass is 79.9. The van der Waals surface area contributed by atoms with Crippen molar-refractivity contribution in [1.82, 2.24) is 5.32 Å². The van der Waals surface area contributed by atoms with Crippen molar-refractivity contribution in [3.05, 3.63) is 46.3 Å². The monoisotopic (exact) mass is 339 g/mol. The molecule has 0 radical (unpaired) electrons. The molecule has 1 N–H and O–H groups in total. The smallest absolute Gasteiger partial charge is 0.169 e. The van der Waals surface area contributed by atoms with E-state index in [1.54, 1.807) is 14.2 Å². The molecule has 0 bridgehead atoms. The zero-order valence-electron chi connectivity index (χ0n) is 11.8. The summed E-state index contributed by atoms with van der Waals surface area (Å²) in [4.78, 5) is 0. The second-order valence-electron chi connectivity index (χ2n) is 4.42. The summed E-state index contributed by atoms with van der Waals surface area (Å²) in [5, 5.41) is 3.41. The molecule has 0 aliphatic carbocycles. The number of rotatable bonds is 6. The third-order valence-corrected chi connectivity index (χ3v) is 3.55. The van der Waals surface area contributed by atoms with E-state index >= 15 is 0 Å².